The number of halogens is 1. The number of nitrogens with one attached hydrogen (secondary N) is 1. The summed E-state index contributed by atoms with van der Waals surface area (Å²) in [6.45, 7) is 1.73. The molecule has 1 aliphatic heterocycles. The molecule has 0 bridgehead atoms. The zero-order chi connectivity index (χ0) is 13.0. The topological polar surface area (TPSA) is 55.4 Å². The summed E-state index contributed by atoms with van der Waals surface area (Å²) in [4.78, 5) is 0.559. The van der Waals surface area contributed by atoms with Crippen LogP contribution in [0, 0.1) is 5.92 Å². The highest BCUT2D eigenvalue weighted by atomic mass is 79.9. The van der Waals surface area contributed by atoms with Crippen LogP contribution >= 0.6 is 15.9 Å². The molecule has 2 atom stereocenters. The number of ether oxygens (including phenoxy) is 1. The van der Waals surface area contributed by atoms with Gasteiger partial charge >= 0.3 is 0 Å². The summed E-state index contributed by atoms with van der Waals surface area (Å²) < 4.78 is 32.3. The number of rotatable bonds is 4. The highest BCUT2D eigenvalue weighted by Crippen LogP contribution is 2.28. The van der Waals surface area contributed by atoms with Crippen molar-refractivity contribution >= 4 is 26.0 Å². The molecule has 6 heteroatoms. The molecule has 0 spiro atoms. The lowest BCUT2D eigenvalue weighted by Gasteiger charge is -2.27. The molecular formula is C12H22BrNO3S. The molecular weight excluding hydrogens is 318 g/mol. The zero-order valence-corrected chi connectivity index (χ0v) is 13.0. The fraction of sp³-hybridized carbons (Fsp3) is 1.00. The molecule has 18 heavy (non-hydrogen) atoms. The van der Waals surface area contributed by atoms with Gasteiger partial charge in [-0.3, -0.25) is 0 Å². The van der Waals surface area contributed by atoms with Crippen LogP contribution in [0.1, 0.15) is 38.5 Å². The molecule has 2 unspecified atom stereocenters. The molecule has 2 aliphatic rings. The monoisotopic (exact) mass is 339 g/mol. The van der Waals surface area contributed by atoms with E-state index in [-0.39, 0.29) is 5.25 Å². The van der Waals surface area contributed by atoms with Crippen LogP contribution in [-0.2, 0) is 14.8 Å². The van der Waals surface area contributed by atoms with E-state index in [2.05, 4.69) is 20.7 Å². The van der Waals surface area contributed by atoms with Gasteiger partial charge in [0.2, 0.25) is 10.0 Å². The van der Waals surface area contributed by atoms with E-state index in [9.17, 15) is 8.42 Å². The second kappa shape index (κ2) is 6.68. The summed E-state index contributed by atoms with van der Waals surface area (Å²) >= 11 is 3.63. The second-order valence-electron chi connectivity index (χ2n) is 5.34. The third-order valence-electron chi connectivity index (χ3n) is 3.90. The summed E-state index contributed by atoms with van der Waals surface area (Å²) in [5, 5.41) is -0.255. The minimum atomic E-state index is -3.15. The normalized spacial score (nSPS) is 31.4. The van der Waals surface area contributed by atoms with Crippen molar-refractivity contribution in [2.75, 3.05) is 19.8 Å². The van der Waals surface area contributed by atoms with Gasteiger partial charge in [-0.15, -0.1) is 0 Å². The predicted octanol–water partition coefficient (Wildman–Crippen LogP) is 2.04. The Labute approximate surface area is 118 Å². The Morgan fingerprint density at radius 2 is 1.89 bits per heavy atom. The Morgan fingerprint density at radius 3 is 2.56 bits per heavy atom. The van der Waals surface area contributed by atoms with Crippen molar-refractivity contribution in [3.05, 3.63) is 0 Å². The van der Waals surface area contributed by atoms with Crippen LogP contribution in [0.15, 0.2) is 0 Å². The van der Waals surface area contributed by atoms with Crippen molar-refractivity contribution in [3.8, 4) is 0 Å². The quantitative estimate of drug-likeness (QED) is 0.797. The SMILES string of the molecule is O=S(=O)(NCC1CCCC(Br)C1)C1CCOCC1. The van der Waals surface area contributed by atoms with Crippen molar-refractivity contribution < 1.29 is 13.2 Å². The summed E-state index contributed by atoms with van der Waals surface area (Å²) in [5.41, 5.74) is 0. The van der Waals surface area contributed by atoms with E-state index in [1.807, 2.05) is 0 Å². The van der Waals surface area contributed by atoms with Crippen molar-refractivity contribution in [1.29, 1.82) is 0 Å². The standard InChI is InChI=1S/C12H22BrNO3S/c13-11-3-1-2-10(8-11)9-14-18(15,16)12-4-6-17-7-5-12/h10-12,14H,1-9H2. The largest absolute Gasteiger partial charge is 0.381 e. The Kier molecular flexibility index (Phi) is 5.47. The van der Waals surface area contributed by atoms with Gasteiger partial charge in [0, 0.05) is 24.6 Å². The molecule has 0 amide bonds. The molecule has 106 valence electrons. The molecule has 0 aromatic rings. The molecule has 2 rings (SSSR count). The molecule has 1 saturated carbocycles. The molecule has 0 radical (unpaired) electrons. The van der Waals surface area contributed by atoms with Crippen LogP contribution < -0.4 is 4.72 Å². The fourth-order valence-corrected chi connectivity index (χ4v) is 5.12. The Bertz CT molecular complexity index is 354. The second-order valence-corrected chi connectivity index (χ2v) is 8.68. The van der Waals surface area contributed by atoms with Gasteiger partial charge in [-0.1, -0.05) is 22.4 Å². The van der Waals surface area contributed by atoms with Crippen LogP contribution in [0.5, 0.6) is 0 Å². The molecule has 2 fully saturated rings. The van der Waals surface area contributed by atoms with E-state index in [1.54, 1.807) is 0 Å². The van der Waals surface area contributed by atoms with Gasteiger partial charge in [-0.2, -0.15) is 0 Å². The van der Waals surface area contributed by atoms with E-state index < -0.39 is 10.0 Å². The van der Waals surface area contributed by atoms with E-state index in [0.717, 1.165) is 12.8 Å². The first kappa shape index (κ1) is 14.8. The van der Waals surface area contributed by atoms with Gasteiger partial charge in [-0.25, -0.2) is 13.1 Å². The summed E-state index contributed by atoms with van der Waals surface area (Å²) in [7, 11) is -3.15. The molecule has 1 N–H and O–H groups in total. The van der Waals surface area contributed by atoms with Crippen LogP contribution in [-0.4, -0.2) is 38.3 Å². The van der Waals surface area contributed by atoms with Crippen LogP contribution in [0.4, 0.5) is 0 Å². The predicted molar refractivity (Wildman–Crippen MR) is 75.4 cm³/mol. The third-order valence-corrected chi connectivity index (χ3v) is 6.65. The van der Waals surface area contributed by atoms with Crippen LogP contribution in [0.3, 0.4) is 0 Å². The van der Waals surface area contributed by atoms with Gasteiger partial charge in [0.05, 0.1) is 5.25 Å². The lowest BCUT2D eigenvalue weighted by Crippen LogP contribution is -2.40. The molecule has 1 saturated heterocycles. The van der Waals surface area contributed by atoms with Gasteiger partial charge in [0.1, 0.15) is 0 Å². The molecule has 1 heterocycles. The van der Waals surface area contributed by atoms with Crippen molar-refractivity contribution in [2.24, 2.45) is 5.92 Å². The number of sulfonamides is 1. The highest BCUT2D eigenvalue weighted by Gasteiger charge is 2.29. The Morgan fingerprint density at radius 1 is 1.17 bits per heavy atom. The number of hydrogen-bond donors (Lipinski definition) is 1. The fourth-order valence-electron chi connectivity index (χ4n) is 2.75. The zero-order valence-electron chi connectivity index (χ0n) is 10.6. The van der Waals surface area contributed by atoms with Gasteiger partial charge < -0.3 is 4.74 Å². The smallest absolute Gasteiger partial charge is 0.214 e. The minimum absolute atomic E-state index is 0.255. The van der Waals surface area contributed by atoms with Crippen molar-refractivity contribution in [2.45, 2.75) is 48.6 Å². The summed E-state index contributed by atoms with van der Waals surface area (Å²) in [6.07, 6.45) is 5.87. The first-order chi connectivity index (χ1) is 8.58. The molecule has 0 aromatic heterocycles. The molecule has 4 nitrogen and oxygen atoms in total. The highest BCUT2D eigenvalue weighted by molar-refractivity contribution is 9.09. The first-order valence-electron chi connectivity index (χ1n) is 6.78. The average Bonchev–Trinajstić information content (AvgIpc) is 2.38. The third kappa shape index (κ3) is 4.18. The Hall–Kier alpha value is 0.350. The van der Waals surface area contributed by atoms with E-state index in [0.29, 0.717) is 43.3 Å². The van der Waals surface area contributed by atoms with Crippen molar-refractivity contribution in [1.82, 2.24) is 4.72 Å². The van der Waals surface area contributed by atoms with Crippen LogP contribution in [0.25, 0.3) is 0 Å². The van der Waals surface area contributed by atoms with E-state index >= 15 is 0 Å². The Balaban J connectivity index is 1.80. The lowest BCUT2D eigenvalue weighted by molar-refractivity contribution is 0.0981. The maximum atomic E-state index is 12.1. The van der Waals surface area contributed by atoms with Gasteiger partial charge in [0.15, 0.2) is 0 Å². The van der Waals surface area contributed by atoms with E-state index in [4.69, 9.17) is 4.74 Å². The van der Waals surface area contributed by atoms with Gasteiger partial charge in [-0.05, 0) is 38.0 Å². The average molecular weight is 340 g/mol. The van der Waals surface area contributed by atoms with E-state index in [1.165, 1.54) is 12.8 Å². The number of hydrogen-bond acceptors (Lipinski definition) is 3. The summed E-state index contributed by atoms with van der Waals surface area (Å²) in [6, 6.07) is 0. The molecule has 0 aromatic carbocycles. The number of alkyl halides is 1. The van der Waals surface area contributed by atoms with Crippen LogP contribution in [0.2, 0.25) is 0 Å². The van der Waals surface area contributed by atoms with Gasteiger partial charge in [0.25, 0.3) is 0 Å². The van der Waals surface area contributed by atoms with Crippen molar-refractivity contribution in [3.63, 3.8) is 0 Å². The summed E-state index contributed by atoms with van der Waals surface area (Å²) in [5.74, 6) is 0.484. The lowest BCUT2D eigenvalue weighted by atomic mass is 9.89. The maximum absolute atomic E-state index is 12.1. The minimum Gasteiger partial charge on any atom is -0.381 e. The maximum Gasteiger partial charge on any atom is 0.214 e. The molecule has 1 aliphatic carbocycles. The first-order valence-corrected chi connectivity index (χ1v) is 9.24.